The fraction of sp³-hybridized carbons (Fsp3) is 0.571. The van der Waals surface area contributed by atoms with Crippen molar-refractivity contribution in [3.63, 3.8) is 0 Å². The van der Waals surface area contributed by atoms with Crippen LogP contribution in [0, 0.1) is 11.8 Å². The van der Waals surface area contributed by atoms with Crippen molar-refractivity contribution in [2.45, 2.75) is 64.6 Å². The largest absolute Gasteiger partial charge is 0.452 e. The molecule has 0 spiro atoms. The van der Waals surface area contributed by atoms with Gasteiger partial charge in [0.15, 0.2) is 6.10 Å². The van der Waals surface area contributed by atoms with Gasteiger partial charge in [0.05, 0.1) is 12.5 Å². The van der Waals surface area contributed by atoms with E-state index in [1.54, 1.807) is 31.2 Å². The molecule has 1 aliphatic carbocycles. The van der Waals surface area contributed by atoms with Crippen molar-refractivity contribution >= 4 is 29.5 Å². The van der Waals surface area contributed by atoms with Gasteiger partial charge in [-0.1, -0.05) is 50.4 Å². The average Bonchev–Trinajstić information content (AvgIpc) is 2.65. The molecule has 1 aliphatic rings. The van der Waals surface area contributed by atoms with E-state index in [1.165, 1.54) is 0 Å². The SMILES string of the molecule is C[C@@H]1[C@H](C)CCC[C@H]1NC(=O)[C@@H](C)OC(=O)C[C@H](NC(N)=O)c1ccc(Cl)cc1. The van der Waals surface area contributed by atoms with E-state index in [1.807, 2.05) is 0 Å². The van der Waals surface area contributed by atoms with Crippen LogP contribution in [-0.2, 0) is 14.3 Å². The Bertz CT molecular complexity index is 725. The maximum absolute atomic E-state index is 12.5. The lowest BCUT2D eigenvalue weighted by molar-refractivity contribution is -0.155. The van der Waals surface area contributed by atoms with Crippen molar-refractivity contribution in [1.82, 2.24) is 10.6 Å². The highest BCUT2D eigenvalue weighted by molar-refractivity contribution is 6.30. The molecule has 1 aromatic carbocycles. The van der Waals surface area contributed by atoms with Crippen molar-refractivity contribution in [2.24, 2.45) is 17.6 Å². The maximum Gasteiger partial charge on any atom is 0.312 e. The summed E-state index contributed by atoms with van der Waals surface area (Å²) < 4.78 is 5.30. The van der Waals surface area contributed by atoms with Gasteiger partial charge in [-0.25, -0.2) is 4.79 Å². The minimum absolute atomic E-state index is 0.0887. The number of halogens is 1. The zero-order valence-corrected chi connectivity index (χ0v) is 17.9. The Morgan fingerprint density at radius 2 is 1.86 bits per heavy atom. The molecule has 1 fully saturated rings. The number of rotatable bonds is 7. The molecular formula is C21H30ClN3O4. The quantitative estimate of drug-likeness (QED) is 0.584. The van der Waals surface area contributed by atoms with E-state index < -0.39 is 24.1 Å². The molecule has 0 radical (unpaired) electrons. The zero-order valence-electron chi connectivity index (χ0n) is 17.1. The van der Waals surface area contributed by atoms with Crippen LogP contribution in [-0.4, -0.2) is 30.1 Å². The molecule has 29 heavy (non-hydrogen) atoms. The monoisotopic (exact) mass is 423 g/mol. The molecule has 0 heterocycles. The van der Waals surface area contributed by atoms with Crippen LogP contribution in [0.2, 0.25) is 5.02 Å². The molecule has 0 aromatic heterocycles. The Kier molecular flexibility index (Phi) is 8.32. The number of primary amides is 1. The van der Waals surface area contributed by atoms with E-state index in [-0.39, 0.29) is 18.4 Å². The molecule has 0 unspecified atom stereocenters. The van der Waals surface area contributed by atoms with Crippen LogP contribution < -0.4 is 16.4 Å². The molecule has 8 heteroatoms. The molecule has 160 valence electrons. The van der Waals surface area contributed by atoms with Gasteiger partial charge in [-0.2, -0.15) is 0 Å². The van der Waals surface area contributed by atoms with Gasteiger partial charge in [0.25, 0.3) is 5.91 Å². The number of urea groups is 1. The number of esters is 1. The lowest BCUT2D eigenvalue weighted by Crippen LogP contribution is -2.47. The second-order valence-corrected chi connectivity index (χ2v) is 8.27. The molecular weight excluding hydrogens is 394 g/mol. The Balaban J connectivity index is 1.93. The molecule has 3 amide bonds. The summed E-state index contributed by atoms with van der Waals surface area (Å²) >= 11 is 5.88. The van der Waals surface area contributed by atoms with Gasteiger partial charge in [-0.3, -0.25) is 9.59 Å². The Labute approximate surface area is 176 Å². The number of ether oxygens (including phenoxy) is 1. The molecule has 0 bridgehead atoms. The number of hydrogen-bond donors (Lipinski definition) is 3. The summed E-state index contributed by atoms with van der Waals surface area (Å²) in [6, 6.07) is 5.35. The number of carbonyl (C=O) groups is 3. The van der Waals surface area contributed by atoms with Crippen LogP contribution in [0.1, 0.15) is 58.1 Å². The van der Waals surface area contributed by atoms with E-state index in [0.717, 1.165) is 19.3 Å². The molecule has 7 nitrogen and oxygen atoms in total. The first-order valence-electron chi connectivity index (χ1n) is 9.98. The number of amides is 3. The van der Waals surface area contributed by atoms with E-state index in [9.17, 15) is 14.4 Å². The number of hydrogen-bond acceptors (Lipinski definition) is 4. The van der Waals surface area contributed by atoms with Gasteiger partial charge in [0, 0.05) is 11.1 Å². The first-order chi connectivity index (χ1) is 13.7. The first-order valence-corrected chi connectivity index (χ1v) is 10.4. The predicted molar refractivity (Wildman–Crippen MR) is 111 cm³/mol. The molecule has 2 rings (SSSR count). The molecule has 4 N–H and O–H groups in total. The highest BCUT2D eigenvalue weighted by Crippen LogP contribution is 2.29. The summed E-state index contributed by atoms with van der Waals surface area (Å²) in [6.45, 7) is 5.87. The minimum Gasteiger partial charge on any atom is -0.452 e. The Hall–Kier alpha value is -2.28. The summed E-state index contributed by atoms with van der Waals surface area (Å²) in [5, 5.41) is 6.06. The first kappa shape index (κ1) is 23.0. The smallest absolute Gasteiger partial charge is 0.312 e. The number of nitrogens with two attached hydrogens (primary N) is 1. The molecule has 0 aliphatic heterocycles. The van der Waals surface area contributed by atoms with Crippen LogP contribution in [0.25, 0.3) is 0 Å². The summed E-state index contributed by atoms with van der Waals surface area (Å²) in [5.74, 6) is 0.0122. The van der Waals surface area contributed by atoms with Gasteiger partial charge >= 0.3 is 12.0 Å². The normalized spacial score (nSPS) is 23.5. The standard InChI is InChI=1S/C21H30ClN3O4/c1-12-5-4-6-17(13(12)2)24-20(27)14(3)29-19(26)11-18(25-21(23)28)15-7-9-16(22)10-8-15/h7-10,12-14,17-18H,4-6,11H2,1-3H3,(H,24,27)(H3,23,25,28)/t12-,13-,14-,17-,18+/m1/s1. The molecule has 1 saturated carbocycles. The second kappa shape index (κ2) is 10.5. The summed E-state index contributed by atoms with van der Waals surface area (Å²) in [6.07, 6.45) is 2.09. The number of benzene rings is 1. The van der Waals surface area contributed by atoms with Crippen LogP contribution in [0.3, 0.4) is 0 Å². The van der Waals surface area contributed by atoms with Crippen molar-refractivity contribution in [1.29, 1.82) is 0 Å². The molecule has 0 saturated heterocycles. The fourth-order valence-corrected chi connectivity index (χ4v) is 3.80. The summed E-state index contributed by atoms with van der Waals surface area (Å²) in [4.78, 5) is 36.2. The second-order valence-electron chi connectivity index (χ2n) is 7.83. The van der Waals surface area contributed by atoms with Crippen LogP contribution in [0.4, 0.5) is 4.79 Å². The summed E-state index contributed by atoms with van der Waals surface area (Å²) in [5.41, 5.74) is 5.88. The third-order valence-corrected chi connectivity index (χ3v) is 5.92. The minimum atomic E-state index is -0.925. The van der Waals surface area contributed by atoms with Crippen molar-refractivity contribution < 1.29 is 19.1 Å². The van der Waals surface area contributed by atoms with Gasteiger partial charge in [0.1, 0.15) is 0 Å². The topological polar surface area (TPSA) is 111 Å². The van der Waals surface area contributed by atoms with Crippen LogP contribution >= 0.6 is 11.6 Å². The lowest BCUT2D eigenvalue weighted by Gasteiger charge is -2.35. The van der Waals surface area contributed by atoms with Crippen LogP contribution in [0.5, 0.6) is 0 Å². The molecule has 1 aromatic rings. The highest BCUT2D eigenvalue weighted by atomic mass is 35.5. The third kappa shape index (κ3) is 6.92. The van der Waals surface area contributed by atoms with E-state index >= 15 is 0 Å². The van der Waals surface area contributed by atoms with Gasteiger partial charge in [-0.05, 0) is 42.9 Å². The van der Waals surface area contributed by atoms with E-state index in [2.05, 4.69) is 24.5 Å². The van der Waals surface area contributed by atoms with E-state index in [0.29, 0.717) is 22.4 Å². The molecule has 5 atom stereocenters. The number of nitrogens with one attached hydrogen (secondary N) is 2. The maximum atomic E-state index is 12.5. The predicted octanol–water partition coefficient (Wildman–Crippen LogP) is 3.31. The Morgan fingerprint density at radius 1 is 1.21 bits per heavy atom. The van der Waals surface area contributed by atoms with Crippen molar-refractivity contribution in [3.05, 3.63) is 34.9 Å². The summed E-state index contributed by atoms with van der Waals surface area (Å²) in [7, 11) is 0. The van der Waals surface area contributed by atoms with Crippen molar-refractivity contribution in [2.75, 3.05) is 0 Å². The fourth-order valence-electron chi connectivity index (χ4n) is 3.67. The van der Waals surface area contributed by atoms with Gasteiger partial charge in [-0.15, -0.1) is 0 Å². The number of carbonyl (C=O) groups excluding carboxylic acids is 3. The van der Waals surface area contributed by atoms with E-state index in [4.69, 9.17) is 22.1 Å². The highest BCUT2D eigenvalue weighted by Gasteiger charge is 2.30. The van der Waals surface area contributed by atoms with Gasteiger partial charge < -0.3 is 21.1 Å². The average molecular weight is 424 g/mol. The van der Waals surface area contributed by atoms with Crippen molar-refractivity contribution in [3.8, 4) is 0 Å². The van der Waals surface area contributed by atoms with Crippen LogP contribution in [0.15, 0.2) is 24.3 Å². The lowest BCUT2D eigenvalue weighted by atomic mass is 9.78. The Morgan fingerprint density at radius 3 is 2.48 bits per heavy atom. The zero-order chi connectivity index (χ0) is 21.6. The van der Waals surface area contributed by atoms with Gasteiger partial charge in [0.2, 0.25) is 0 Å². The third-order valence-electron chi connectivity index (χ3n) is 5.67.